The molecule has 1 amide bonds. The lowest BCUT2D eigenvalue weighted by Crippen LogP contribution is -2.69. The molecule has 1 atom stereocenters. The molecule has 1 N–H and O–H groups in total. The third kappa shape index (κ3) is 2.05. The molecule has 0 saturated carbocycles. The highest BCUT2D eigenvalue weighted by Gasteiger charge is 2.71. The lowest BCUT2D eigenvalue weighted by Gasteiger charge is -2.50. The highest BCUT2D eigenvalue weighted by atomic mass is 32.2. The van der Waals surface area contributed by atoms with Crippen LogP contribution in [0.15, 0.2) is 12.7 Å². The summed E-state index contributed by atoms with van der Waals surface area (Å²) in [6.45, 7) is 2.76. The number of hydrogen-bond donors (Lipinski definition) is 1. The number of halogens is 1. The molecule has 0 aromatic carbocycles. The molecule has 2 heterocycles. The summed E-state index contributed by atoms with van der Waals surface area (Å²) >= 11 is 0. The maximum atomic E-state index is 14.5. The predicted molar refractivity (Wildman–Crippen MR) is 65.7 cm³/mol. The van der Waals surface area contributed by atoms with E-state index in [1.165, 1.54) is 6.08 Å². The van der Waals surface area contributed by atoms with Crippen molar-refractivity contribution >= 4 is 21.9 Å². The fraction of sp³-hybridized carbons (Fsp3) is 0.636. The molecule has 0 radical (unpaired) electrons. The Hall–Kier alpha value is -1.64. The minimum atomic E-state index is -3.78. The molecule has 7 nitrogen and oxygen atoms in total. The summed E-state index contributed by atoms with van der Waals surface area (Å²) < 4.78 is 42.4. The van der Waals surface area contributed by atoms with Crippen LogP contribution in [0.1, 0.15) is 0 Å². The minimum Gasteiger partial charge on any atom is -0.479 e. The van der Waals surface area contributed by atoms with Gasteiger partial charge >= 0.3 is 12.1 Å². The fourth-order valence-corrected chi connectivity index (χ4v) is 5.10. The number of carboxylic acids is 1. The molecule has 2 rings (SSSR count). The van der Waals surface area contributed by atoms with Gasteiger partial charge < -0.3 is 14.7 Å². The van der Waals surface area contributed by atoms with Gasteiger partial charge in [0, 0.05) is 13.1 Å². The van der Waals surface area contributed by atoms with E-state index in [0.717, 1.165) is 4.90 Å². The van der Waals surface area contributed by atoms with Gasteiger partial charge in [0.2, 0.25) is 5.67 Å². The first-order chi connectivity index (χ1) is 9.16. The third-order valence-electron chi connectivity index (χ3n) is 3.66. The van der Waals surface area contributed by atoms with Gasteiger partial charge in [-0.25, -0.2) is 22.4 Å². The Morgan fingerprint density at radius 2 is 2.00 bits per heavy atom. The predicted octanol–water partition coefficient (Wildman–Crippen LogP) is -0.168. The smallest absolute Gasteiger partial charge is 0.410 e. The topological polar surface area (TPSA) is 101 Å². The molecule has 2 saturated heterocycles. The molecule has 1 unspecified atom stereocenters. The van der Waals surface area contributed by atoms with Gasteiger partial charge in [-0.1, -0.05) is 12.7 Å². The van der Waals surface area contributed by atoms with E-state index in [2.05, 4.69) is 6.58 Å². The van der Waals surface area contributed by atoms with Crippen LogP contribution in [0.25, 0.3) is 0 Å². The van der Waals surface area contributed by atoms with Crippen molar-refractivity contribution in [1.29, 1.82) is 0 Å². The van der Waals surface area contributed by atoms with Crippen molar-refractivity contribution < 1.29 is 32.2 Å². The van der Waals surface area contributed by atoms with Crippen molar-refractivity contribution in [2.24, 2.45) is 5.41 Å². The van der Waals surface area contributed by atoms with Gasteiger partial charge in [-0.2, -0.15) is 0 Å². The number of likely N-dealkylation sites (tertiary alicyclic amines) is 1. The van der Waals surface area contributed by atoms with Crippen molar-refractivity contribution in [2.75, 3.05) is 31.2 Å². The summed E-state index contributed by atoms with van der Waals surface area (Å²) in [5, 5.41) is 8.98. The molecular weight excluding hydrogens is 293 g/mol. The molecule has 2 aliphatic heterocycles. The SMILES string of the molecule is C=CCOC(=O)N1CC2(C1)CS(=O)(=O)CC2(F)C(=O)O. The quantitative estimate of drug-likeness (QED) is 0.727. The van der Waals surface area contributed by atoms with Gasteiger partial charge in [0.1, 0.15) is 6.61 Å². The van der Waals surface area contributed by atoms with Crippen LogP contribution in [0.2, 0.25) is 0 Å². The van der Waals surface area contributed by atoms with Crippen LogP contribution in [0.5, 0.6) is 0 Å². The van der Waals surface area contributed by atoms with Gasteiger partial charge in [-0.3, -0.25) is 0 Å². The summed E-state index contributed by atoms with van der Waals surface area (Å²) in [5.74, 6) is -3.43. The third-order valence-corrected chi connectivity index (χ3v) is 5.49. The number of carboxylic acid groups (broad SMARTS) is 1. The Balaban J connectivity index is 2.15. The van der Waals surface area contributed by atoms with Crippen LogP contribution < -0.4 is 0 Å². The molecule has 9 heteroatoms. The van der Waals surface area contributed by atoms with Gasteiger partial charge in [-0.15, -0.1) is 0 Å². The second kappa shape index (κ2) is 4.44. The molecule has 0 aromatic rings. The zero-order valence-electron chi connectivity index (χ0n) is 10.5. The summed E-state index contributed by atoms with van der Waals surface area (Å²) in [5.41, 5.74) is -4.44. The van der Waals surface area contributed by atoms with E-state index in [9.17, 15) is 22.4 Å². The summed E-state index contributed by atoms with van der Waals surface area (Å²) in [7, 11) is -3.78. The van der Waals surface area contributed by atoms with Crippen LogP contribution in [0.3, 0.4) is 0 Å². The van der Waals surface area contributed by atoms with Crippen molar-refractivity contribution in [2.45, 2.75) is 5.67 Å². The fourth-order valence-electron chi connectivity index (χ4n) is 2.71. The van der Waals surface area contributed by atoms with Crippen molar-refractivity contribution in [1.82, 2.24) is 4.90 Å². The second-order valence-corrected chi connectivity index (χ2v) is 7.21. The maximum absolute atomic E-state index is 14.5. The minimum absolute atomic E-state index is 0.0275. The van der Waals surface area contributed by atoms with Crippen LogP contribution >= 0.6 is 0 Å². The second-order valence-electron chi connectivity index (χ2n) is 5.14. The van der Waals surface area contributed by atoms with Gasteiger partial charge in [0.15, 0.2) is 9.84 Å². The maximum Gasteiger partial charge on any atom is 0.410 e. The zero-order chi connectivity index (χ0) is 15.2. The Kier molecular flexibility index (Phi) is 3.28. The van der Waals surface area contributed by atoms with Crippen molar-refractivity contribution in [3.63, 3.8) is 0 Å². The number of sulfone groups is 1. The van der Waals surface area contributed by atoms with Gasteiger partial charge in [0.05, 0.1) is 16.9 Å². The van der Waals surface area contributed by atoms with E-state index in [1.54, 1.807) is 0 Å². The zero-order valence-corrected chi connectivity index (χ0v) is 11.4. The number of ether oxygens (including phenoxy) is 1. The number of carbonyl (C=O) groups excluding carboxylic acids is 1. The van der Waals surface area contributed by atoms with Crippen molar-refractivity contribution in [3.8, 4) is 0 Å². The largest absolute Gasteiger partial charge is 0.479 e. The molecule has 1 spiro atoms. The standard InChI is InChI=1S/C11H14FNO6S/c1-2-3-19-9(16)13-4-10(5-13)6-20(17,18)7-11(10,12)8(14)15/h2H,1,3-7H2,(H,14,15). The Bertz CT molecular complexity index is 567. The summed E-state index contributed by atoms with van der Waals surface area (Å²) in [6, 6.07) is 0. The summed E-state index contributed by atoms with van der Waals surface area (Å²) in [6.07, 6.45) is 0.608. The van der Waals surface area contributed by atoms with E-state index >= 15 is 0 Å². The average Bonchev–Trinajstić information content (AvgIpc) is 2.51. The number of nitrogens with zero attached hydrogens (tertiary/aromatic N) is 1. The van der Waals surface area contributed by atoms with E-state index in [4.69, 9.17) is 9.84 Å². The Labute approximate surface area is 114 Å². The molecule has 0 bridgehead atoms. The summed E-state index contributed by atoms with van der Waals surface area (Å²) in [4.78, 5) is 23.7. The number of alkyl halides is 1. The van der Waals surface area contributed by atoms with Crippen LogP contribution in [-0.2, 0) is 19.4 Å². The molecule has 0 aliphatic carbocycles. The van der Waals surface area contributed by atoms with Crippen LogP contribution in [0.4, 0.5) is 9.18 Å². The Morgan fingerprint density at radius 3 is 2.50 bits per heavy atom. The first-order valence-electron chi connectivity index (χ1n) is 5.81. The van der Waals surface area contributed by atoms with Gasteiger partial charge in [0.25, 0.3) is 0 Å². The first-order valence-corrected chi connectivity index (χ1v) is 7.63. The molecule has 2 aliphatic rings. The Morgan fingerprint density at radius 1 is 1.40 bits per heavy atom. The van der Waals surface area contributed by atoms with Crippen molar-refractivity contribution in [3.05, 3.63) is 12.7 Å². The number of carbonyl (C=O) groups is 2. The molecule has 2 fully saturated rings. The lowest BCUT2D eigenvalue weighted by molar-refractivity contribution is -0.166. The van der Waals surface area contributed by atoms with E-state index < -0.39 is 44.5 Å². The molecule has 20 heavy (non-hydrogen) atoms. The normalized spacial score (nSPS) is 29.8. The number of hydrogen-bond acceptors (Lipinski definition) is 5. The monoisotopic (exact) mass is 307 g/mol. The lowest BCUT2D eigenvalue weighted by atomic mass is 9.70. The van der Waals surface area contributed by atoms with Gasteiger partial charge in [-0.05, 0) is 0 Å². The van der Waals surface area contributed by atoms with E-state index in [-0.39, 0.29) is 19.7 Å². The molecule has 0 aromatic heterocycles. The number of rotatable bonds is 3. The highest BCUT2D eigenvalue weighted by molar-refractivity contribution is 7.91. The average molecular weight is 307 g/mol. The molecular formula is C11H14FNO6S. The number of amides is 1. The van der Waals surface area contributed by atoms with Crippen LogP contribution in [0, 0.1) is 5.41 Å². The van der Waals surface area contributed by atoms with E-state index in [0.29, 0.717) is 0 Å². The number of aliphatic carboxylic acids is 1. The van der Waals surface area contributed by atoms with Crippen LogP contribution in [-0.4, -0.2) is 67.4 Å². The highest BCUT2D eigenvalue weighted by Crippen LogP contribution is 2.50. The van der Waals surface area contributed by atoms with E-state index in [1.807, 2.05) is 0 Å². The first kappa shape index (κ1) is 14.8. The molecule has 112 valence electrons.